The van der Waals surface area contributed by atoms with Gasteiger partial charge in [0.2, 0.25) is 0 Å². The molecule has 2 atom stereocenters. The second kappa shape index (κ2) is 8.57. The van der Waals surface area contributed by atoms with Gasteiger partial charge in [-0.2, -0.15) is 5.10 Å². The molecule has 3 aliphatic rings. The Bertz CT molecular complexity index is 1570. The van der Waals surface area contributed by atoms with Crippen molar-refractivity contribution in [1.29, 1.82) is 0 Å². The number of hydrogen-bond acceptors (Lipinski definition) is 5. The van der Waals surface area contributed by atoms with E-state index in [0.29, 0.717) is 5.92 Å². The number of aryl methyl sites for hydroxylation is 1. The monoisotopic (exact) mass is 502 g/mol. The van der Waals surface area contributed by atoms with Crippen molar-refractivity contribution in [3.8, 4) is 0 Å². The van der Waals surface area contributed by atoms with Gasteiger partial charge < -0.3 is 14.7 Å². The molecule has 2 aromatic carbocycles. The fourth-order valence-corrected chi connectivity index (χ4v) is 6.56. The lowest BCUT2D eigenvalue weighted by molar-refractivity contribution is 0.312. The first-order chi connectivity index (χ1) is 18.5. The fourth-order valence-electron chi connectivity index (χ4n) is 6.56. The largest absolute Gasteiger partial charge is 0.354 e. The Kier molecular flexibility index (Phi) is 5.24. The van der Waals surface area contributed by atoms with Crippen LogP contribution in [0.1, 0.15) is 34.7 Å². The molecule has 7 rings (SSSR count). The lowest BCUT2D eigenvalue weighted by Gasteiger charge is -2.33. The topological polar surface area (TPSA) is 40.4 Å². The standard InChI is InChI=1S/C32H34N6/c1-22-32(26-7-5-6-8-29(26)36(22)3)20-27(32)24-11-12-25-28(34-37(4)30(25)19-24)13-9-23-10-14-31(33-21-23)38-17-15-35(2)16-18-38/h5-14,19,21,27H,1,15-18,20H2,2-4H3/b13-9+/t27-,32-/m0/s1. The van der Waals surface area contributed by atoms with Crippen LogP contribution in [0.5, 0.6) is 0 Å². The molecule has 4 aromatic rings. The summed E-state index contributed by atoms with van der Waals surface area (Å²) in [6.07, 6.45) is 7.29. The van der Waals surface area contributed by atoms with Gasteiger partial charge in [-0.15, -0.1) is 0 Å². The second-order valence-electron chi connectivity index (χ2n) is 11.1. The van der Waals surface area contributed by atoms with Crippen LogP contribution in [0.4, 0.5) is 11.5 Å². The van der Waals surface area contributed by atoms with Crippen molar-refractivity contribution in [2.45, 2.75) is 17.8 Å². The number of pyridine rings is 1. The zero-order chi connectivity index (χ0) is 26.0. The molecule has 6 nitrogen and oxygen atoms in total. The van der Waals surface area contributed by atoms with E-state index in [1.54, 1.807) is 0 Å². The molecule has 2 fully saturated rings. The highest BCUT2D eigenvalue weighted by atomic mass is 15.3. The minimum absolute atomic E-state index is 0.0314. The number of piperazine rings is 1. The zero-order valence-corrected chi connectivity index (χ0v) is 22.4. The molecule has 1 aliphatic carbocycles. The van der Waals surface area contributed by atoms with Crippen molar-refractivity contribution >= 4 is 34.6 Å². The molecule has 0 N–H and O–H groups in total. The summed E-state index contributed by atoms with van der Waals surface area (Å²) in [5.41, 5.74) is 8.55. The summed E-state index contributed by atoms with van der Waals surface area (Å²) in [6, 6.07) is 19.9. The van der Waals surface area contributed by atoms with Crippen LogP contribution in [-0.2, 0) is 12.5 Å². The summed E-state index contributed by atoms with van der Waals surface area (Å²) in [5.74, 6) is 1.51. The number of aromatic nitrogens is 3. The molecule has 192 valence electrons. The molecule has 0 radical (unpaired) electrons. The number of rotatable bonds is 4. The Morgan fingerprint density at radius 2 is 1.76 bits per heavy atom. The Balaban J connectivity index is 1.13. The van der Waals surface area contributed by atoms with Crippen LogP contribution in [-0.4, -0.2) is 59.9 Å². The van der Waals surface area contributed by atoms with Crippen molar-refractivity contribution in [1.82, 2.24) is 19.7 Å². The first kappa shape index (κ1) is 23.2. The van der Waals surface area contributed by atoms with Gasteiger partial charge in [-0.05, 0) is 60.5 Å². The van der Waals surface area contributed by atoms with Gasteiger partial charge >= 0.3 is 0 Å². The summed E-state index contributed by atoms with van der Waals surface area (Å²) < 4.78 is 2.01. The number of allylic oxidation sites excluding steroid dienone is 1. The van der Waals surface area contributed by atoms with Crippen LogP contribution in [0, 0.1) is 0 Å². The van der Waals surface area contributed by atoms with Gasteiger partial charge in [0.25, 0.3) is 0 Å². The summed E-state index contributed by atoms with van der Waals surface area (Å²) in [5, 5.41) is 6.02. The predicted molar refractivity (Wildman–Crippen MR) is 157 cm³/mol. The average Bonchev–Trinajstić information content (AvgIpc) is 3.58. The van der Waals surface area contributed by atoms with E-state index in [0.717, 1.165) is 55.2 Å². The number of fused-ring (bicyclic) bond motifs is 3. The quantitative estimate of drug-likeness (QED) is 0.380. The Morgan fingerprint density at radius 1 is 0.947 bits per heavy atom. The lowest BCUT2D eigenvalue weighted by Crippen LogP contribution is -2.44. The number of anilines is 2. The maximum absolute atomic E-state index is 4.85. The summed E-state index contributed by atoms with van der Waals surface area (Å²) in [6.45, 7) is 8.72. The van der Waals surface area contributed by atoms with E-state index >= 15 is 0 Å². The Morgan fingerprint density at radius 3 is 2.55 bits per heavy atom. The smallest absolute Gasteiger partial charge is 0.128 e. The summed E-state index contributed by atoms with van der Waals surface area (Å²) in [7, 11) is 6.35. The molecule has 6 heteroatoms. The molecule has 2 aromatic heterocycles. The summed E-state index contributed by atoms with van der Waals surface area (Å²) >= 11 is 0. The second-order valence-corrected chi connectivity index (χ2v) is 11.1. The molecule has 1 saturated carbocycles. The third-order valence-corrected chi connectivity index (χ3v) is 8.96. The van der Waals surface area contributed by atoms with Gasteiger partial charge in [0, 0.05) is 74.6 Å². The number of hydrogen-bond donors (Lipinski definition) is 0. The predicted octanol–water partition coefficient (Wildman–Crippen LogP) is 5.28. The molecule has 0 amide bonds. The van der Waals surface area contributed by atoms with Gasteiger partial charge in [-0.3, -0.25) is 4.68 Å². The number of likely N-dealkylation sites (N-methyl/N-ethyl adjacent to an activating group) is 2. The number of benzene rings is 2. The average molecular weight is 503 g/mol. The highest BCUT2D eigenvalue weighted by Crippen LogP contribution is 2.69. The molecule has 0 bridgehead atoms. The number of para-hydroxylation sites is 1. The highest BCUT2D eigenvalue weighted by molar-refractivity contribution is 5.90. The van der Waals surface area contributed by atoms with Crippen molar-refractivity contribution in [3.05, 3.63) is 95.5 Å². The zero-order valence-electron chi connectivity index (χ0n) is 22.4. The van der Waals surface area contributed by atoms with Gasteiger partial charge in [0.15, 0.2) is 0 Å². The van der Waals surface area contributed by atoms with Crippen LogP contribution in [0.3, 0.4) is 0 Å². The molecule has 1 saturated heterocycles. The van der Waals surface area contributed by atoms with Crippen LogP contribution >= 0.6 is 0 Å². The molecule has 4 heterocycles. The van der Waals surface area contributed by atoms with Crippen LogP contribution in [0.25, 0.3) is 23.1 Å². The van der Waals surface area contributed by atoms with Crippen molar-refractivity contribution < 1.29 is 0 Å². The van der Waals surface area contributed by atoms with Gasteiger partial charge in [-0.1, -0.05) is 43.0 Å². The normalized spacial score (nSPS) is 23.2. The molecule has 2 aliphatic heterocycles. The van der Waals surface area contributed by atoms with Crippen LogP contribution < -0.4 is 9.80 Å². The van der Waals surface area contributed by atoms with Crippen LogP contribution in [0.15, 0.2) is 73.1 Å². The van der Waals surface area contributed by atoms with Crippen LogP contribution in [0.2, 0.25) is 0 Å². The van der Waals surface area contributed by atoms with E-state index in [-0.39, 0.29) is 5.41 Å². The van der Waals surface area contributed by atoms with E-state index in [2.05, 4.69) is 102 Å². The molecular weight excluding hydrogens is 468 g/mol. The minimum atomic E-state index is 0.0314. The molecule has 1 spiro atoms. The maximum Gasteiger partial charge on any atom is 0.128 e. The van der Waals surface area contributed by atoms with Gasteiger partial charge in [0.05, 0.1) is 11.2 Å². The van der Waals surface area contributed by atoms with E-state index in [4.69, 9.17) is 10.1 Å². The number of nitrogens with zero attached hydrogens (tertiary/aromatic N) is 6. The van der Waals surface area contributed by atoms with Gasteiger partial charge in [0.1, 0.15) is 5.82 Å². The minimum Gasteiger partial charge on any atom is -0.354 e. The first-order valence-electron chi connectivity index (χ1n) is 13.5. The Hall–Kier alpha value is -3.90. The maximum atomic E-state index is 4.85. The van der Waals surface area contributed by atoms with E-state index in [1.807, 2.05) is 17.9 Å². The molecular formula is C32H34N6. The van der Waals surface area contributed by atoms with Crippen molar-refractivity contribution in [3.63, 3.8) is 0 Å². The SMILES string of the molecule is C=C1N(C)c2ccccc2[C@]12C[C@H]2c1ccc2c(/C=C/c3ccc(N4CCN(C)CC4)nc3)nn(C)c2c1. The van der Waals surface area contributed by atoms with Gasteiger partial charge in [-0.25, -0.2) is 4.98 Å². The Labute approximate surface area is 224 Å². The third-order valence-electron chi connectivity index (χ3n) is 8.96. The van der Waals surface area contributed by atoms with Crippen molar-refractivity contribution in [2.24, 2.45) is 7.05 Å². The fraction of sp³-hybridized carbons (Fsp3) is 0.312. The van der Waals surface area contributed by atoms with E-state index in [9.17, 15) is 0 Å². The van der Waals surface area contributed by atoms with E-state index in [1.165, 1.54) is 27.9 Å². The molecule has 0 unspecified atom stereocenters. The first-order valence-corrected chi connectivity index (χ1v) is 13.5. The lowest BCUT2D eigenvalue weighted by atomic mass is 9.90. The summed E-state index contributed by atoms with van der Waals surface area (Å²) in [4.78, 5) is 11.7. The molecule has 38 heavy (non-hydrogen) atoms. The van der Waals surface area contributed by atoms with Crippen molar-refractivity contribution in [2.75, 3.05) is 50.1 Å². The third kappa shape index (κ3) is 3.51. The highest BCUT2D eigenvalue weighted by Gasteiger charge is 2.62. The van der Waals surface area contributed by atoms with E-state index < -0.39 is 0 Å².